The minimum Gasteiger partial charge on any atom is -0.349 e. The number of hydrogen-bond donors (Lipinski definition) is 4. The van der Waals surface area contributed by atoms with Crippen LogP contribution in [-0.2, 0) is 31.0 Å². The lowest BCUT2D eigenvalue weighted by Gasteiger charge is -2.39. The first-order chi connectivity index (χ1) is 21.9. The highest BCUT2D eigenvalue weighted by atomic mass is 32.2. The van der Waals surface area contributed by atoms with Crippen molar-refractivity contribution in [2.75, 3.05) is 26.4 Å². The van der Waals surface area contributed by atoms with Gasteiger partial charge in [0.25, 0.3) is 0 Å². The summed E-state index contributed by atoms with van der Waals surface area (Å²) < 4.78 is 52.5. The number of likely N-dealkylation sites (N-methyl/N-ethyl adjacent to an activating group) is 1. The maximum atomic E-state index is 14.3. The van der Waals surface area contributed by atoms with Crippen molar-refractivity contribution < 1.29 is 36.4 Å². The van der Waals surface area contributed by atoms with Crippen LogP contribution >= 0.6 is 11.3 Å². The van der Waals surface area contributed by atoms with Crippen molar-refractivity contribution in [3.63, 3.8) is 0 Å². The number of likely N-dealkylation sites (tertiary alicyclic amines) is 1. The van der Waals surface area contributed by atoms with Crippen LogP contribution in [0.1, 0.15) is 66.7 Å². The maximum Gasteiger partial charge on any atom is 0.315 e. The molecule has 0 bridgehead atoms. The van der Waals surface area contributed by atoms with Crippen LogP contribution in [0.15, 0.2) is 17.5 Å². The normalized spacial score (nSPS) is 22.5. The van der Waals surface area contributed by atoms with E-state index in [9.17, 15) is 36.4 Å². The molecule has 2 heterocycles. The predicted molar refractivity (Wildman–Crippen MR) is 181 cm³/mol. The van der Waals surface area contributed by atoms with Crippen LogP contribution in [0.2, 0.25) is 0 Å². The van der Waals surface area contributed by atoms with Gasteiger partial charge >= 0.3 is 6.03 Å². The van der Waals surface area contributed by atoms with Gasteiger partial charge in [-0.3, -0.25) is 14.4 Å². The highest BCUT2D eigenvalue weighted by Gasteiger charge is 2.70. The summed E-state index contributed by atoms with van der Waals surface area (Å²) in [6.45, 7) is 15.1. The maximum absolute atomic E-state index is 14.3. The number of nitrogens with one attached hydrogen (secondary N) is 4. The number of urea groups is 1. The topological polar surface area (TPSA) is 157 Å². The molecular weight excluding hydrogens is 667 g/mol. The summed E-state index contributed by atoms with van der Waals surface area (Å²) in [6.07, 6.45) is -2.69. The summed E-state index contributed by atoms with van der Waals surface area (Å²) in [5.74, 6) is -2.28. The molecule has 272 valence electrons. The van der Waals surface area contributed by atoms with E-state index >= 15 is 0 Å². The molecule has 1 saturated heterocycles. The molecule has 1 aliphatic carbocycles. The molecule has 3 rings (SSSR count). The number of nitrogens with zero attached hydrogens (tertiary/aromatic N) is 2. The standard InChI is InChI=1S/C32H52F2N6O6S2/c1-30(2,3)21(17-39(9)48(10,45)46)37-29(44)38-25(31(4,5)6)28(43)40-16-19-23(32(19,7)8)24(40)27(42)36-20(14-22(33)34)26(41)35-15-18-12-11-13-47-18/h11-13,19-25H,14-17H2,1-10H3,(H,35,41)(H,36,42)(H2,37,38,44)/t19-,20-,21+,23-,24-,25+/m0/s1. The third-order valence-corrected chi connectivity index (χ3v) is 11.7. The van der Waals surface area contributed by atoms with Crippen molar-refractivity contribution in [2.45, 2.75) is 98.9 Å². The lowest BCUT2D eigenvalue weighted by molar-refractivity contribution is -0.144. The number of thiophene rings is 1. The van der Waals surface area contributed by atoms with Gasteiger partial charge in [0.15, 0.2) is 0 Å². The molecule has 48 heavy (non-hydrogen) atoms. The molecule has 2 aliphatic rings. The highest BCUT2D eigenvalue weighted by Crippen LogP contribution is 2.65. The zero-order valence-corrected chi connectivity index (χ0v) is 31.2. The van der Waals surface area contributed by atoms with Gasteiger partial charge < -0.3 is 26.2 Å². The van der Waals surface area contributed by atoms with E-state index in [1.165, 1.54) is 23.3 Å². The number of rotatable bonds is 13. The summed E-state index contributed by atoms with van der Waals surface area (Å²) in [6, 6.07) is -1.37. The second-order valence-electron chi connectivity index (χ2n) is 15.8. The van der Waals surface area contributed by atoms with Crippen molar-refractivity contribution in [2.24, 2.45) is 28.1 Å². The van der Waals surface area contributed by atoms with Gasteiger partial charge in [0.2, 0.25) is 34.2 Å². The van der Waals surface area contributed by atoms with Crippen LogP contribution in [0.25, 0.3) is 0 Å². The largest absolute Gasteiger partial charge is 0.349 e. The molecule has 0 aromatic carbocycles. The molecule has 5 amide bonds. The van der Waals surface area contributed by atoms with Gasteiger partial charge in [-0.1, -0.05) is 61.5 Å². The molecule has 4 N–H and O–H groups in total. The molecule has 16 heteroatoms. The summed E-state index contributed by atoms with van der Waals surface area (Å²) >= 11 is 1.39. The third kappa shape index (κ3) is 9.65. The summed E-state index contributed by atoms with van der Waals surface area (Å²) in [4.78, 5) is 56.7. The van der Waals surface area contributed by atoms with E-state index in [-0.39, 0.29) is 36.9 Å². The molecule has 1 saturated carbocycles. The molecule has 0 unspecified atom stereocenters. The van der Waals surface area contributed by atoms with E-state index in [4.69, 9.17) is 0 Å². The average Bonchev–Trinajstić information content (AvgIpc) is 3.36. The molecule has 1 aliphatic heterocycles. The Morgan fingerprint density at radius 1 is 1.06 bits per heavy atom. The summed E-state index contributed by atoms with van der Waals surface area (Å²) in [5.41, 5.74) is -1.67. The van der Waals surface area contributed by atoms with E-state index < -0.39 is 81.6 Å². The minimum atomic E-state index is -3.53. The highest BCUT2D eigenvalue weighted by molar-refractivity contribution is 7.88. The zero-order chi connectivity index (χ0) is 36.6. The number of halogens is 2. The quantitative estimate of drug-likeness (QED) is 0.246. The molecule has 0 spiro atoms. The van der Waals surface area contributed by atoms with Gasteiger partial charge in [-0.05, 0) is 39.5 Å². The van der Waals surface area contributed by atoms with Gasteiger partial charge in [0.05, 0.1) is 12.8 Å². The molecule has 0 radical (unpaired) electrons. The number of sulfonamides is 1. The smallest absolute Gasteiger partial charge is 0.315 e. The summed E-state index contributed by atoms with van der Waals surface area (Å²) in [7, 11) is -2.11. The molecule has 1 aromatic rings. The number of piperidine rings is 1. The fraction of sp³-hybridized carbons (Fsp3) is 0.750. The number of carbonyl (C=O) groups excluding carboxylic acids is 4. The van der Waals surface area contributed by atoms with Gasteiger partial charge in [-0.15, -0.1) is 11.3 Å². The van der Waals surface area contributed by atoms with Crippen LogP contribution in [-0.4, -0.2) is 98.4 Å². The first-order valence-electron chi connectivity index (χ1n) is 16.0. The van der Waals surface area contributed by atoms with Crippen LogP contribution in [0.3, 0.4) is 0 Å². The second kappa shape index (κ2) is 14.6. The van der Waals surface area contributed by atoms with Crippen molar-refractivity contribution in [1.29, 1.82) is 0 Å². The lowest BCUT2D eigenvalue weighted by atomic mass is 9.85. The first kappa shape index (κ1) is 39.6. The Morgan fingerprint density at radius 2 is 1.69 bits per heavy atom. The number of amides is 5. The molecule has 12 nitrogen and oxygen atoms in total. The van der Waals surface area contributed by atoms with Gasteiger partial charge in [-0.25, -0.2) is 26.3 Å². The SMILES string of the molecule is CN(C[C@@H](NC(=O)N[C@H](C(=O)N1C[C@H]2[C@@H]([C@H]1C(=O)N[C@@H](CC(F)F)C(=O)NCc1cccs1)C2(C)C)C(C)(C)C)C(C)(C)C)S(C)(=O)=O. The second-order valence-corrected chi connectivity index (χ2v) is 18.9. The van der Waals surface area contributed by atoms with Crippen molar-refractivity contribution in [3.05, 3.63) is 22.4 Å². The van der Waals surface area contributed by atoms with Gasteiger partial charge in [-0.2, -0.15) is 0 Å². The Bertz CT molecular complexity index is 1440. The van der Waals surface area contributed by atoms with Crippen LogP contribution in [0, 0.1) is 28.1 Å². The van der Waals surface area contributed by atoms with Crippen LogP contribution in [0.4, 0.5) is 13.6 Å². The number of carbonyl (C=O) groups is 4. The number of alkyl halides is 2. The molecular formula is C32H52F2N6O6S2. The zero-order valence-electron chi connectivity index (χ0n) is 29.5. The van der Waals surface area contributed by atoms with E-state index in [0.29, 0.717) is 0 Å². The van der Waals surface area contributed by atoms with E-state index in [2.05, 4.69) is 21.3 Å². The predicted octanol–water partition coefficient (Wildman–Crippen LogP) is 3.01. The van der Waals surface area contributed by atoms with Gasteiger partial charge in [0, 0.05) is 37.5 Å². The first-order valence-corrected chi connectivity index (χ1v) is 18.8. The Labute approximate surface area is 287 Å². The van der Waals surface area contributed by atoms with Crippen LogP contribution < -0.4 is 21.3 Å². The Hall–Kier alpha value is -2.85. The van der Waals surface area contributed by atoms with Crippen molar-refractivity contribution in [1.82, 2.24) is 30.5 Å². The van der Waals surface area contributed by atoms with E-state index in [1.807, 2.05) is 40.0 Å². The fourth-order valence-electron chi connectivity index (χ4n) is 6.26. The Kier molecular flexibility index (Phi) is 12.0. The van der Waals surface area contributed by atoms with E-state index in [1.54, 1.807) is 32.9 Å². The van der Waals surface area contributed by atoms with Gasteiger partial charge in [0.1, 0.15) is 18.1 Å². The van der Waals surface area contributed by atoms with Crippen molar-refractivity contribution in [3.8, 4) is 0 Å². The van der Waals surface area contributed by atoms with Crippen LogP contribution in [0.5, 0.6) is 0 Å². The molecule has 6 atom stereocenters. The molecule has 1 aromatic heterocycles. The monoisotopic (exact) mass is 718 g/mol. The van der Waals surface area contributed by atoms with E-state index in [0.717, 1.165) is 15.4 Å². The third-order valence-electron chi connectivity index (χ3n) is 9.57. The Balaban J connectivity index is 1.82. The number of hydrogen-bond acceptors (Lipinski definition) is 7. The number of fused-ring (bicyclic) bond motifs is 1. The van der Waals surface area contributed by atoms with Crippen molar-refractivity contribution >= 4 is 45.1 Å². The Morgan fingerprint density at radius 3 is 2.19 bits per heavy atom. The fourth-order valence-corrected chi connectivity index (χ4v) is 7.33. The molecule has 2 fully saturated rings. The lowest BCUT2D eigenvalue weighted by Crippen LogP contribution is -2.62. The summed E-state index contributed by atoms with van der Waals surface area (Å²) in [5, 5.41) is 12.6. The minimum absolute atomic E-state index is 0.00259. The average molecular weight is 719 g/mol.